The topological polar surface area (TPSA) is 233 Å². The fourth-order valence-corrected chi connectivity index (χ4v) is 20.5. The number of fused-ring (bicyclic) bond motifs is 12. The number of amides is 3. The van der Waals surface area contributed by atoms with Crippen LogP contribution in [0.4, 0.5) is 30.7 Å². The molecule has 131 heavy (non-hydrogen) atoms. The van der Waals surface area contributed by atoms with Gasteiger partial charge in [0.05, 0.1) is 64.7 Å². The maximum atomic E-state index is 15.4. The van der Waals surface area contributed by atoms with E-state index in [9.17, 15) is 55.8 Å². The second-order valence-corrected chi connectivity index (χ2v) is 34.4. The molecule has 2 N–H and O–H groups in total. The van der Waals surface area contributed by atoms with E-state index in [0.29, 0.717) is 62.0 Å². The van der Waals surface area contributed by atoms with Gasteiger partial charge in [0, 0.05) is 99.0 Å². The first-order valence-corrected chi connectivity index (χ1v) is 45.0. The van der Waals surface area contributed by atoms with Crippen LogP contribution in [0.5, 0.6) is 17.2 Å². The number of thiol groups is 1. The second-order valence-electron chi connectivity index (χ2n) is 30.3. The summed E-state index contributed by atoms with van der Waals surface area (Å²) in [7, 11) is 3.34. The number of hydrogen-bond acceptors (Lipinski definition) is 21. The van der Waals surface area contributed by atoms with Gasteiger partial charge < -0.3 is 53.7 Å². The fourth-order valence-electron chi connectivity index (χ4n) is 16.8. The van der Waals surface area contributed by atoms with E-state index in [2.05, 4.69) is 46.1 Å². The summed E-state index contributed by atoms with van der Waals surface area (Å²) >= 11 is 10.9. The second kappa shape index (κ2) is 42.1. The van der Waals surface area contributed by atoms with E-state index in [4.69, 9.17) is 29.8 Å². The third-order valence-corrected chi connectivity index (χ3v) is 26.8. The zero-order valence-electron chi connectivity index (χ0n) is 69.9. The first kappa shape index (κ1) is 92.4. The number of carbonyl (C=O) groups excluding carboxylic acids is 3. The Morgan fingerprint density at radius 3 is 1.32 bits per heavy atom. The third kappa shape index (κ3) is 19.1. The van der Waals surface area contributed by atoms with Gasteiger partial charge in [0.1, 0.15) is 44.4 Å². The number of carbonyl (C=O) groups is 3. The summed E-state index contributed by atoms with van der Waals surface area (Å²) in [5.41, 5.74) is 9.84. The molecular formula is C95H84BBrF7N10O13S4. The van der Waals surface area contributed by atoms with Gasteiger partial charge in [-0.2, -0.15) is 0 Å². The minimum absolute atomic E-state index is 0. The van der Waals surface area contributed by atoms with Gasteiger partial charge in [-0.25, -0.2) is 26.3 Å². The van der Waals surface area contributed by atoms with E-state index in [1.54, 1.807) is 59.5 Å². The van der Waals surface area contributed by atoms with Gasteiger partial charge in [-0.05, 0) is 102 Å². The molecular weight excluding hydrogens is 1840 g/mol. The van der Waals surface area contributed by atoms with Crippen LogP contribution in [0.15, 0.2) is 269 Å². The minimum atomic E-state index is -1.00. The number of thioether (sulfide) groups is 3. The van der Waals surface area contributed by atoms with Crippen molar-refractivity contribution in [3.8, 4) is 17.2 Å². The molecule has 12 heterocycles. The monoisotopic (exact) mass is 1920 g/mol. The summed E-state index contributed by atoms with van der Waals surface area (Å²) < 4.78 is 145. The van der Waals surface area contributed by atoms with Gasteiger partial charge in [0.25, 0.3) is 17.7 Å². The molecule has 9 aliphatic heterocycles. The van der Waals surface area contributed by atoms with Crippen LogP contribution < -0.4 is 45.9 Å². The Morgan fingerprint density at radius 1 is 0.481 bits per heavy atom. The number of alkyl halides is 1. The first-order valence-electron chi connectivity index (χ1n) is 41.5. The van der Waals surface area contributed by atoms with Crippen molar-refractivity contribution in [3.05, 3.63) is 385 Å². The number of halogens is 8. The van der Waals surface area contributed by atoms with Gasteiger partial charge in [0.15, 0.2) is 69.2 Å². The number of aliphatic hydroxyl groups is 1. The zero-order valence-corrected chi connectivity index (χ0v) is 73.8. The molecule has 12 aromatic rings. The van der Waals surface area contributed by atoms with Crippen molar-refractivity contribution >= 4 is 89.4 Å². The van der Waals surface area contributed by atoms with Crippen LogP contribution >= 0.6 is 64.0 Å². The number of ether oxygens (including phenoxy) is 6. The SMILES string of the molecule is C.O=C1c2c(OCc3ccccc3)c(=O)c(Br)cn2N(C2c3ccccc3SCc3c2ccc(F)c3F)C2COCCN12.O=C1c2c(OCc3ccccc3)c(=O)ccn2N(C2c3ccccc3SCc3c2ccc(F)c3F)C2COCCN12.O=C1c2c(OCc3ccccc3)c(=O)ccn2NC2COCCN12.OC1c2ccccc2SCc2c1ccc(F)c2F.[2H]CF.[B]=NS. The molecule has 0 spiro atoms. The Morgan fingerprint density at radius 2 is 0.847 bits per heavy atom. The fraction of sp³-hybridized carbons (Fsp3) is 0.242. The quantitative estimate of drug-likeness (QED) is 0.0620. The van der Waals surface area contributed by atoms with Crippen molar-refractivity contribution in [3.63, 3.8) is 0 Å². The summed E-state index contributed by atoms with van der Waals surface area (Å²) in [6.07, 6.45) is 2.35. The summed E-state index contributed by atoms with van der Waals surface area (Å²) in [6, 6.07) is 60.6. The molecule has 3 fully saturated rings. The Balaban J connectivity index is 0.000000137. The van der Waals surface area contributed by atoms with Crippen LogP contribution in [0.3, 0.4) is 0 Å². The summed E-state index contributed by atoms with van der Waals surface area (Å²) in [6.45, 7) is 3.42. The Hall–Kier alpha value is -11.9. The van der Waals surface area contributed by atoms with E-state index < -0.39 is 83.4 Å². The van der Waals surface area contributed by atoms with Crippen molar-refractivity contribution in [1.29, 1.82) is 0 Å². The molecule has 23 nitrogen and oxygen atoms in total. The van der Waals surface area contributed by atoms with E-state index in [0.717, 1.165) is 66.3 Å². The Bertz CT molecular complexity index is 6480. The van der Waals surface area contributed by atoms with E-state index >= 15 is 8.78 Å². The predicted octanol–water partition coefficient (Wildman–Crippen LogP) is 16.3. The van der Waals surface area contributed by atoms with Crippen molar-refractivity contribution < 1.29 is 80.0 Å². The number of pyridine rings is 3. The van der Waals surface area contributed by atoms with Crippen molar-refractivity contribution in [2.75, 3.05) is 81.9 Å². The number of nitrogens with one attached hydrogen (secondary N) is 1. The average Bonchev–Trinajstić information content (AvgIpc) is 1.04. The molecule has 21 rings (SSSR count). The zero-order chi connectivity index (χ0) is 91.7. The number of aromatic nitrogens is 3. The summed E-state index contributed by atoms with van der Waals surface area (Å²) in [4.78, 5) is 87.6. The molecule has 3 amide bonds. The molecule has 0 saturated carbocycles. The molecule has 1 radical (unpaired) electrons. The number of morpholine rings is 3. The number of benzene rings is 9. The normalized spacial score (nSPS) is 18.5. The molecule has 9 aromatic carbocycles. The van der Waals surface area contributed by atoms with Crippen LogP contribution in [0.2, 0.25) is 0 Å². The van der Waals surface area contributed by atoms with Gasteiger partial charge in [-0.3, -0.25) is 57.2 Å². The van der Waals surface area contributed by atoms with Crippen LogP contribution in [-0.2, 0) is 51.3 Å². The van der Waals surface area contributed by atoms with Gasteiger partial charge in [-0.1, -0.05) is 171 Å². The number of hydrogen-bond donors (Lipinski definition) is 3. The van der Waals surface area contributed by atoms with Crippen LogP contribution in [0, 0.1) is 34.9 Å². The number of nitrogens with zero attached hydrogens (tertiary/aromatic N) is 9. The van der Waals surface area contributed by atoms with E-state index in [1.807, 2.05) is 174 Å². The Kier molecular flexibility index (Phi) is 29.7. The average molecular weight is 1930 g/mol. The predicted molar refractivity (Wildman–Crippen MR) is 491 cm³/mol. The molecule has 6 atom stereocenters. The Labute approximate surface area is 777 Å². The summed E-state index contributed by atoms with van der Waals surface area (Å²) in [5.74, 6) is -5.54. The molecule has 0 aliphatic carbocycles. The number of rotatable bonds is 11. The first-order chi connectivity index (χ1) is 63.7. The third-order valence-electron chi connectivity index (χ3n) is 22.9. The summed E-state index contributed by atoms with van der Waals surface area (Å²) in [5, 5.41) is 14.2. The molecule has 0 bridgehead atoms. The molecule has 6 unspecified atom stereocenters. The maximum absolute atomic E-state index is 15.4. The van der Waals surface area contributed by atoms with Gasteiger partial charge in [0.2, 0.25) is 16.3 Å². The van der Waals surface area contributed by atoms with Crippen molar-refractivity contribution in [1.82, 2.24) is 28.7 Å². The van der Waals surface area contributed by atoms with Crippen molar-refractivity contribution in [2.24, 2.45) is 4.30 Å². The molecule has 675 valence electrons. The van der Waals surface area contributed by atoms with Crippen molar-refractivity contribution in [2.45, 2.75) is 95.9 Å². The standard InChI is InChI=1S/C31H24BrF2N3O4S.C31H25F2N3O4S.C17H17N3O4.C14H10F2OS.CH3F.CH4.BHNS/c32-22-14-36-28(30(29(22)38)41-15-18-6-2-1-3-7-18)31(39)35-12-13-40-16-25(35)37(36)27-19-10-11-23(33)26(34)21(19)17-42-24-9-5-4-8-20(24)27;32-23-11-10-20-22(27(23)33)18-41-25-9-5-4-8-21(25)28(20)36-26-17-39-15-14-34(26)31(38)29-30(24(37)12-13-35(29)36)40-16-19-6-2-1-3-7-19;21-13-6-7-20-15(16(13)24-10-12-4-2-1-3-5-12)17(22)19-8-9-23-11-14(19)18-20;15-11-6-5-8-10(13(11)16)7-18-12-4-2-1-3-9(12)14(8)17;1-2;;1-2-3/h1-11,14,25,27H,12-13,15-17H2;1-13,26,28H,14-18H2;1-7,14,18H,8-11H2;1-6,14,17H,7H2;1H3;1H4;3H/i;;;;1D;;. The molecule has 3 saturated heterocycles. The van der Waals surface area contributed by atoms with Crippen LogP contribution in [0.25, 0.3) is 0 Å². The van der Waals surface area contributed by atoms with E-state index in [1.165, 1.54) is 53.5 Å². The molecule has 3 aromatic heterocycles. The molecule has 9 aliphatic rings. The van der Waals surface area contributed by atoms with E-state index in [-0.39, 0.29) is 143 Å². The van der Waals surface area contributed by atoms with Crippen LogP contribution in [-0.4, -0.2) is 144 Å². The van der Waals surface area contributed by atoms with Gasteiger partial charge >= 0.3 is 24.8 Å². The number of aliphatic hydroxyl groups excluding tert-OH is 1. The van der Waals surface area contributed by atoms with Gasteiger partial charge in [-0.15, -0.1) is 35.3 Å². The van der Waals surface area contributed by atoms with Crippen LogP contribution in [0.1, 0.15) is 125 Å². The molecule has 36 heteroatoms.